The number of hydrogen-bond donors (Lipinski definition) is 2. The van der Waals surface area contributed by atoms with E-state index in [1.165, 1.54) is 0 Å². The molecule has 0 aliphatic rings. The van der Waals surface area contributed by atoms with Crippen LogP contribution >= 0.6 is 0 Å². The third kappa shape index (κ3) is 3.65. The van der Waals surface area contributed by atoms with Crippen molar-refractivity contribution >= 4 is 5.69 Å². The third-order valence-electron chi connectivity index (χ3n) is 2.23. The van der Waals surface area contributed by atoms with Gasteiger partial charge in [0.2, 0.25) is 0 Å². The minimum atomic E-state index is -0.119. The third-order valence-corrected chi connectivity index (χ3v) is 2.23. The molecule has 0 bridgehead atoms. The highest BCUT2D eigenvalue weighted by Gasteiger charge is 2.15. The zero-order valence-corrected chi connectivity index (χ0v) is 9.25. The van der Waals surface area contributed by atoms with Crippen molar-refractivity contribution in [2.75, 3.05) is 18.5 Å². The molecule has 1 aromatic carbocycles. The summed E-state index contributed by atoms with van der Waals surface area (Å²) in [6, 6.07) is 7.70. The van der Waals surface area contributed by atoms with Crippen molar-refractivity contribution < 1.29 is 5.11 Å². The number of rotatable bonds is 4. The molecule has 0 heterocycles. The van der Waals surface area contributed by atoms with Gasteiger partial charge in [0.1, 0.15) is 0 Å². The Morgan fingerprint density at radius 3 is 2.80 bits per heavy atom. The quantitative estimate of drug-likeness (QED) is 0.734. The van der Waals surface area contributed by atoms with Gasteiger partial charge in [-0.1, -0.05) is 25.8 Å². The van der Waals surface area contributed by atoms with Crippen LogP contribution in [-0.2, 0) is 0 Å². The minimum Gasteiger partial charge on any atom is -0.396 e. The van der Waals surface area contributed by atoms with E-state index < -0.39 is 0 Å². The molecule has 0 aromatic heterocycles. The van der Waals surface area contributed by atoms with Gasteiger partial charge in [-0.05, 0) is 18.2 Å². The smallest absolute Gasteiger partial charge is 0.0498 e. The Kier molecular flexibility index (Phi) is 3.76. The maximum Gasteiger partial charge on any atom is 0.0498 e. The van der Waals surface area contributed by atoms with Crippen LogP contribution in [0.15, 0.2) is 24.3 Å². The number of anilines is 1. The fourth-order valence-electron chi connectivity index (χ4n) is 1.12. The molecule has 1 rings (SSSR count). The molecule has 0 saturated heterocycles. The van der Waals surface area contributed by atoms with Crippen molar-refractivity contribution in [3.8, 4) is 12.3 Å². The van der Waals surface area contributed by atoms with Crippen LogP contribution in [0.3, 0.4) is 0 Å². The lowest BCUT2D eigenvalue weighted by Gasteiger charge is -2.22. The second kappa shape index (κ2) is 4.86. The first-order valence-electron chi connectivity index (χ1n) is 4.99. The lowest BCUT2D eigenvalue weighted by Crippen LogP contribution is -2.26. The molecule has 80 valence electrons. The average molecular weight is 203 g/mol. The second-order valence-corrected chi connectivity index (χ2v) is 4.40. The Morgan fingerprint density at radius 1 is 1.47 bits per heavy atom. The van der Waals surface area contributed by atoms with Gasteiger partial charge in [0.05, 0.1) is 0 Å². The first-order chi connectivity index (χ1) is 7.07. The van der Waals surface area contributed by atoms with Crippen LogP contribution in [-0.4, -0.2) is 18.3 Å². The van der Waals surface area contributed by atoms with E-state index >= 15 is 0 Å². The van der Waals surface area contributed by atoms with Gasteiger partial charge in [0.25, 0.3) is 0 Å². The van der Waals surface area contributed by atoms with E-state index in [1.54, 1.807) is 0 Å². The summed E-state index contributed by atoms with van der Waals surface area (Å²) in [5.74, 6) is 2.59. The molecule has 0 spiro atoms. The number of hydrogen-bond acceptors (Lipinski definition) is 2. The summed E-state index contributed by atoms with van der Waals surface area (Å²) in [6.45, 7) is 4.89. The van der Waals surface area contributed by atoms with E-state index in [4.69, 9.17) is 11.5 Å². The van der Waals surface area contributed by atoms with E-state index in [-0.39, 0.29) is 12.0 Å². The van der Waals surface area contributed by atoms with Gasteiger partial charge in [-0.3, -0.25) is 0 Å². The predicted molar refractivity (Wildman–Crippen MR) is 63.7 cm³/mol. The van der Waals surface area contributed by atoms with Crippen LogP contribution < -0.4 is 5.32 Å². The van der Waals surface area contributed by atoms with Crippen molar-refractivity contribution in [1.29, 1.82) is 0 Å². The summed E-state index contributed by atoms with van der Waals surface area (Å²) >= 11 is 0. The number of aliphatic hydroxyl groups is 1. The second-order valence-electron chi connectivity index (χ2n) is 4.40. The number of nitrogens with one attached hydrogen (secondary N) is 1. The molecule has 0 amide bonds. The first kappa shape index (κ1) is 11.6. The number of aliphatic hydroxyl groups excluding tert-OH is 1. The molecule has 1 aromatic rings. The fraction of sp³-hybridized carbons (Fsp3) is 0.385. The van der Waals surface area contributed by atoms with Crippen LogP contribution in [0.4, 0.5) is 5.69 Å². The van der Waals surface area contributed by atoms with Crippen LogP contribution in [0.5, 0.6) is 0 Å². The molecule has 0 atom stereocenters. The van der Waals surface area contributed by atoms with Gasteiger partial charge >= 0.3 is 0 Å². The standard InChI is InChI=1S/C13H17NO/c1-4-11-6-5-7-12(8-11)14-9-13(2,3)10-15/h1,5-8,14-15H,9-10H2,2-3H3. The summed E-state index contributed by atoms with van der Waals surface area (Å²) in [7, 11) is 0. The van der Waals surface area contributed by atoms with Crippen molar-refractivity contribution in [3.05, 3.63) is 29.8 Å². The van der Waals surface area contributed by atoms with Crippen molar-refractivity contribution in [2.24, 2.45) is 5.41 Å². The average Bonchev–Trinajstić information content (AvgIpc) is 2.27. The molecule has 0 unspecified atom stereocenters. The Labute approximate surface area is 91.3 Å². The number of terminal acetylenes is 1. The summed E-state index contributed by atoms with van der Waals surface area (Å²) in [5.41, 5.74) is 1.74. The van der Waals surface area contributed by atoms with E-state index in [0.717, 1.165) is 17.8 Å². The highest BCUT2D eigenvalue weighted by atomic mass is 16.3. The summed E-state index contributed by atoms with van der Waals surface area (Å²) in [4.78, 5) is 0. The van der Waals surface area contributed by atoms with Crippen molar-refractivity contribution in [1.82, 2.24) is 0 Å². The first-order valence-corrected chi connectivity index (χ1v) is 4.99. The molecule has 2 N–H and O–H groups in total. The van der Waals surface area contributed by atoms with Gasteiger partial charge in [0.15, 0.2) is 0 Å². The van der Waals surface area contributed by atoms with Crippen molar-refractivity contribution in [3.63, 3.8) is 0 Å². The molecule has 2 heteroatoms. The molecular weight excluding hydrogens is 186 g/mol. The normalized spacial score (nSPS) is 10.8. The van der Waals surface area contributed by atoms with Crippen LogP contribution in [0.2, 0.25) is 0 Å². The highest BCUT2D eigenvalue weighted by molar-refractivity contribution is 5.50. The predicted octanol–water partition coefficient (Wildman–Crippen LogP) is 2.10. The molecule has 0 saturated carbocycles. The molecule has 0 aliphatic heterocycles. The molecule has 0 radical (unpaired) electrons. The van der Waals surface area contributed by atoms with E-state index in [1.807, 2.05) is 38.1 Å². The maximum atomic E-state index is 9.10. The summed E-state index contributed by atoms with van der Waals surface area (Å²) in [6.07, 6.45) is 5.31. The fourth-order valence-corrected chi connectivity index (χ4v) is 1.12. The Morgan fingerprint density at radius 2 is 2.20 bits per heavy atom. The molecule has 0 fully saturated rings. The summed E-state index contributed by atoms with van der Waals surface area (Å²) < 4.78 is 0. The maximum absolute atomic E-state index is 9.10. The van der Waals surface area contributed by atoms with E-state index in [9.17, 15) is 0 Å². The molecule has 0 aliphatic carbocycles. The van der Waals surface area contributed by atoms with Gasteiger partial charge in [-0.25, -0.2) is 0 Å². The highest BCUT2D eigenvalue weighted by Crippen LogP contribution is 2.16. The monoisotopic (exact) mass is 203 g/mol. The van der Waals surface area contributed by atoms with Gasteiger partial charge in [-0.15, -0.1) is 6.42 Å². The largest absolute Gasteiger partial charge is 0.396 e. The molecule has 2 nitrogen and oxygen atoms in total. The lowest BCUT2D eigenvalue weighted by atomic mass is 9.95. The van der Waals surface area contributed by atoms with Crippen LogP contribution in [0.1, 0.15) is 19.4 Å². The SMILES string of the molecule is C#Cc1cccc(NCC(C)(C)CO)c1. The Bertz CT molecular complexity index is 363. The van der Waals surface area contributed by atoms with E-state index in [0.29, 0.717) is 0 Å². The number of benzene rings is 1. The van der Waals surface area contributed by atoms with E-state index in [2.05, 4.69) is 11.2 Å². The molecular formula is C13H17NO. The zero-order valence-electron chi connectivity index (χ0n) is 9.25. The minimum absolute atomic E-state index is 0.119. The Hall–Kier alpha value is -1.46. The van der Waals surface area contributed by atoms with Gasteiger partial charge < -0.3 is 10.4 Å². The Balaban J connectivity index is 2.62. The van der Waals surface area contributed by atoms with Crippen LogP contribution in [0.25, 0.3) is 0 Å². The molecule has 15 heavy (non-hydrogen) atoms. The lowest BCUT2D eigenvalue weighted by molar-refractivity contribution is 0.171. The van der Waals surface area contributed by atoms with Crippen molar-refractivity contribution in [2.45, 2.75) is 13.8 Å². The topological polar surface area (TPSA) is 32.3 Å². The van der Waals surface area contributed by atoms with Gasteiger partial charge in [0, 0.05) is 29.8 Å². The van der Waals surface area contributed by atoms with Crippen LogP contribution in [0, 0.1) is 17.8 Å². The summed E-state index contributed by atoms with van der Waals surface area (Å²) in [5, 5.41) is 12.4. The van der Waals surface area contributed by atoms with Gasteiger partial charge in [-0.2, -0.15) is 0 Å². The zero-order chi connectivity index (χ0) is 11.3.